The Morgan fingerprint density at radius 1 is 1.12 bits per heavy atom. The number of esters is 1. The summed E-state index contributed by atoms with van der Waals surface area (Å²) in [6, 6.07) is 6.00. The van der Waals surface area contributed by atoms with Crippen LogP contribution in [0.4, 0.5) is 5.69 Å². The number of methoxy groups -OCH3 is 1. The van der Waals surface area contributed by atoms with E-state index in [1.807, 2.05) is 0 Å². The van der Waals surface area contributed by atoms with Crippen LogP contribution in [0.2, 0.25) is 0 Å². The highest BCUT2D eigenvalue weighted by molar-refractivity contribution is 6.39. The molecule has 3 N–H and O–H groups in total. The number of aliphatic hydroxyl groups is 1. The normalized spacial score (nSPS) is 15.9. The first-order valence-corrected chi connectivity index (χ1v) is 8.47. The van der Waals surface area contributed by atoms with Crippen LogP contribution in [0.1, 0.15) is 42.5 Å². The molecule has 2 rings (SSSR count). The van der Waals surface area contributed by atoms with Crippen LogP contribution in [0.25, 0.3) is 0 Å². The highest BCUT2D eigenvalue weighted by Crippen LogP contribution is 2.26. The molecule has 0 heterocycles. The topological polar surface area (TPSA) is 105 Å². The Kier molecular flexibility index (Phi) is 6.94. The van der Waals surface area contributed by atoms with Crippen molar-refractivity contribution in [3.8, 4) is 0 Å². The van der Waals surface area contributed by atoms with Crippen molar-refractivity contribution in [2.45, 2.75) is 38.2 Å². The lowest BCUT2D eigenvalue weighted by Crippen LogP contribution is -2.42. The number of carbonyl (C=O) groups excluding carboxylic acids is 3. The molecule has 0 radical (unpaired) electrons. The number of nitrogens with one attached hydrogen (secondary N) is 2. The lowest BCUT2D eigenvalue weighted by Gasteiger charge is -2.26. The molecule has 1 aromatic carbocycles. The fourth-order valence-corrected chi connectivity index (χ4v) is 2.96. The molecule has 0 bridgehead atoms. The summed E-state index contributed by atoms with van der Waals surface area (Å²) in [5.74, 6) is -1.91. The van der Waals surface area contributed by atoms with Gasteiger partial charge >= 0.3 is 17.8 Å². The van der Waals surface area contributed by atoms with Crippen molar-refractivity contribution in [1.82, 2.24) is 5.32 Å². The Morgan fingerprint density at radius 3 is 2.36 bits per heavy atom. The molecule has 0 aliphatic heterocycles. The standard InChI is InChI=1S/C18H24N2O5/c1-25-18(24)13-7-9-14(10-8-13)20-17(23)16(22)19-11-15(21)12-5-3-2-4-6-12/h7-10,12,15,21H,2-6,11H2,1H3,(H,19,22)(H,20,23)/t15-/m0/s1. The van der Waals surface area contributed by atoms with E-state index in [4.69, 9.17) is 0 Å². The predicted molar refractivity (Wildman–Crippen MR) is 92.0 cm³/mol. The molecular weight excluding hydrogens is 324 g/mol. The summed E-state index contributed by atoms with van der Waals surface area (Å²) in [7, 11) is 1.28. The summed E-state index contributed by atoms with van der Waals surface area (Å²) >= 11 is 0. The Labute approximate surface area is 146 Å². The van der Waals surface area contributed by atoms with Gasteiger partial charge in [-0.3, -0.25) is 9.59 Å². The number of amides is 2. The van der Waals surface area contributed by atoms with Crippen molar-refractivity contribution >= 4 is 23.5 Å². The summed E-state index contributed by atoms with van der Waals surface area (Å²) in [6.45, 7) is 0.0677. The molecular formula is C18H24N2O5. The van der Waals surface area contributed by atoms with Crippen LogP contribution in [0.15, 0.2) is 24.3 Å². The van der Waals surface area contributed by atoms with Gasteiger partial charge in [-0.05, 0) is 43.0 Å². The van der Waals surface area contributed by atoms with Crippen molar-refractivity contribution in [2.75, 3.05) is 19.0 Å². The third kappa shape index (κ3) is 5.56. The Morgan fingerprint density at radius 2 is 1.76 bits per heavy atom. The maximum Gasteiger partial charge on any atom is 0.337 e. The number of hydrogen-bond acceptors (Lipinski definition) is 5. The molecule has 25 heavy (non-hydrogen) atoms. The average Bonchev–Trinajstić information content (AvgIpc) is 2.66. The monoisotopic (exact) mass is 348 g/mol. The van der Waals surface area contributed by atoms with E-state index in [9.17, 15) is 19.5 Å². The van der Waals surface area contributed by atoms with Crippen LogP contribution in [0, 0.1) is 5.92 Å². The fraction of sp³-hybridized carbons (Fsp3) is 0.500. The van der Waals surface area contributed by atoms with E-state index >= 15 is 0 Å². The molecule has 1 aromatic rings. The molecule has 1 aliphatic carbocycles. The molecule has 0 unspecified atom stereocenters. The van der Waals surface area contributed by atoms with Crippen molar-refractivity contribution < 1.29 is 24.2 Å². The van der Waals surface area contributed by atoms with E-state index in [1.54, 1.807) is 0 Å². The number of anilines is 1. The minimum absolute atomic E-state index is 0.0677. The van der Waals surface area contributed by atoms with Crippen LogP contribution in [-0.2, 0) is 14.3 Å². The van der Waals surface area contributed by atoms with Crippen molar-refractivity contribution in [2.24, 2.45) is 5.92 Å². The SMILES string of the molecule is COC(=O)c1ccc(NC(=O)C(=O)NC[C@H](O)C2CCCCC2)cc1. The van der Waals surface area contributed by atoms with Gasteiger partial charge in [0.1, 0.15) is 0 Å². The van der Waals surface area contributed by atoms with Crippen molar-refractivity contribution in [3.05, 3.63) is 29.8 Å². The molecule has 0 spiro atoms. The van der Waals surface area contributed by atoms with Crippen LogP contribution >= 0.6 is 0 Å². The second-order valence-corrected chi connectivity index (χ2v) is 6.20. The first-order valence-electron chi connectivity index (χ1n) is 8.47. The summed E-state index contributed by atoms with van der Waals surface area (Å²) < 4.78 is 4.59. The zero-order chi connectivity index (χ0) is 18.2. The minimum atomic E-state index is -0.818. The van der Waals surface area contributed by atoms with Gasteiger partial charge in [0.05, 0.1) is 18.8 Å². The molecule has 1 fully saturated rings. The molecule has 1 atom stereocenters. The summed E-state index contributed by atoms with van der Waals surface area (Å²) in [6.07, 6.45) is 4.66. The van der Waals surface area contributed by atoms with Gasteiger partial charge in [0, 0.05) is 12.2 Å². The van der Waals surface area contributed by atoms with E-state index in [2.05, 4.69) is 15.4 Å². The summed E-state index contributed by atoms with van der Waals surface area (Å²) in [4.78, 5) is 35.1. The largest absolute Gasteiger partial charge is 0.465 e. The lowest BCUT2D eigenvalue weighted by atomic mass is 9.85. The molecule has 1 aliphatic rings. The minimum Gasteiger partial charge on any atom is -0.465 e. The van der Waals surface area contributed by atoms with Crippen molar-refractivity contribution in [3.63, 3.8) is 0 Å². The van der Waals surface area contributed by atoms with E-state index in [-0.39, 0.29) is 12.5 Å². The van der Waals surface area contributed by atoms with Gasteiger partial charge in [-0.25, -0.2) is 4.79 Å². The Balaban J connectivity index is 1.79. The van der Waals surface area contributed by atoms with E-state index in [0.717, 1.165) is 25.7 Å². The van der Waals surface area contributed by atoms with Crippen LogP contribution in [0.5, 0.6) is 0 Å². The van der Waals surface area contributed by atoms with E-state index in [1.165, 1.54) is 37.8 Å². The number of hydrogen-bond donors (Lipinski definition) is 3. The second-order valence-electron chi connectivity index (χ2n) is 6.20. The Hall–Kier alpha value is -2.41. The van der Waals surface area contributed by atoms with Gasteiger partial charge in [-0.1, -0.05) is 19.3 Å². The average molecular weight is 348 g/mol. The van der Waals surface area contributed by atoms with E-state index < -0.39 is 23.9 Å². The molecule has 2 amide bonds. The first kappa shape index (κ1) is 18.9. The first-order chi connectivity index (χ1) is 12.0. The number of benzene rings is 1. The van der Waals surface area contributed by atoms with E-state index in [0.29, 0.717) is 11.3 Å². The quantitative estimate of drug-likeness (QED) is 0.552. The maximum atomic E-state index is 11.9. The fourth-order valence-electron chi connectivity index (χ4n) is 2.96. The summed E-state index contributed by atoms with van der Waals surface area (Å²) in [5.41, 5.74) is 0.737. The maximum absolute atomic E-state index is 11.9. The van der Waals surface area contributed by atoms with Gasteiger partial charge in [-0.15, -0.1) is 0 Å². The number of aliphatic hydroxyl groups excluding tert-OH is 1. The number of rotatable bonds is 5. The lowest BCUT2D eigenvalue weighted by molar-refractivity contribution is -0.136. The zero-order valence-electron chi connectivity index (χ0n) is 14.3. The number of ether oxygens (including phenoxy) is 1. The van der Waals surface area contributed by atoms with Gasteiger partial charge in [0.15, 0.2) is 0 Å². The third-order valence-corrected chi connectivity index (χ3v) is 4.44. The molecule has 0 saturated heterocycles. The third-order valence-electron chi connectivity index (χ3n) is 4.44. The Bertz CT molecular complexity index is 608. The number of carbonyl (C=O) groups is 3. The highest BCUT2D eigenvalue weighted by atomic mass is 16.5. The van der Waals surface area contributed by atoms with Crippen LogP contribution in [0.3, 0.4) is 0 Å². The highest BCUT2D eigenvalue weighted by Gasteiger charge is 2.23. The second kappa shape index (κ2) is 9.17. The van der Waals surface area contributed by atoms with Crippen molar-refractivity contribution in [1.29, 1.82) is 0 Å². The van der Waals surface area contributed by atoms with Gasteiger partial charge in [0.25, 0.3) is 0 Å². The molecule has 1 saturated carbocycles. The van der Waals surface area contributed by atoms with Crippen LogP contribution in [-0.4, -0.2) is 42.6 Å². The predicted octanol–water partition coefficient (Wildman–Crippen LogP) is 1.47. The van der Waals surface area contributed by atoms with Gasteiger partial charge in [-0.2, -0.15) is 0 Å². The van der Waals surface area contributed by atoms with Gasteiger partial charge in [0.2, 0.25) is 0 Å². The molecule has 7 heteroatoms. The molecule has 136 valence electrons. The smallest absolute Gasteiger partial charge is 0.337 e. The van der Waals surface area contributed by atoms with Gasteiger partial charge < -0.3 is 20.5 Å². The zero-order valence-corrected chi connectivity index (χ0v) is 14.3. The molecule has 7 nitrogen and oxygen atoms in total. The van der Waals surface area contributed by atoms with Crippen LogP contribution < -0.4 is 10.6 Å². The summed E-state index contributed by atoms with van der Waals surface area (Å²) in [5, 5.41) is 15.0. The molecule has 0 aromatic heterocycles.